The van der Waals surface area contributed by atoms with Gasteiger partial charge in [-0.15, -0.1) is 11.3 Å². The van der Waals surface area contributed by atoms with Gasteiger partial charge >= 0.3 is 0 Å². The Hall–Kier alpha value is -0.930. The Morgan fingerprint density at radius 1 is 1.47 bits per heavy atom. The summed E-state index contributed by atoms with van der Waals surface area (Å²) in [6.07, 6.45) is 3.92. The van der Waals surface area contributed by atoms with Gasteiger partial charge in [0, 0.05) is 6.42 Å². The number of aromatic nitrogens is 1. The normalized spacial score (nSPS) is 28.9. The van der Waals surface area contributed by atoms with Crippen LogP contribution in [-0.4, -0.2) is 15.7 Å². The van der Waals surface area contributed by atoms with E-state index in [0.29, 0.717) is 12.3 Å². The van der Waals surface area contributed by atoms with Gasteiger partial charge < -0.3 is 5.11 Å². The maximum atomic E-state index is 10.6. The maximum absolute atomic E-state index is 10.6. The van der Waals surface area contributed by atoms with E-state index in [9.17, 15) is 5.11 Å². The Morgan fingerprint density at radius 2 is 2.29 bits per heavy atom. The molecule has 0 radical (unpaired) electrons. The first kappa shape index (κ1) is 11.2. The Labute approximate surface area is 105 Å². The second-order valence-electron chi connectivity index (χ2n) is 5.15. The smallest absolute Gasteiger partial charge is 0.0967 e. The van der Waals surface area contributed by atoms with Gasteiger partial charge in [-0.25, -0.2) is 4.98 Å². The summed E-state index contributed by atoms with van der Waals surface area (Å²) in [6.45, 7) is 2.15. The molecule has 1 saturated carbocycles. The summed E-state index contributed by atoms with van der Waals surface area (Å²) in [5, 5.41) is 11.7. The SMILES string of the molecule is CC1CCCC1(O)Cc1nc2ccccc2s1. The number of hydrogen-bond donors (Lipinski definition) is 1. The fraction of sp³-hybridized carbons (Fsp3) is 0.500. The van der Waals surface area contributed by atoms with Crippen LogP contribution in [0.3, 0.4) is 0 Å². The van der Waals surface area contributed by atoms with Gasteiger partial charge in [0.2, 0.25) is 0 Å². The monoisotopic (exact) mass is 247 g/mol. The Bertz CT molecular complexity index is 503. The standard InChI is InChI=1S/C14H17NOS/c1-10-5-4-8-14(10,16)9-13-15-11-6-2-3-7-12(11)17-13/h2-3,6-7,10,16H,4-5,8-9H2,1H3. The van der Waals surface area contributed by atoms with Crippen molar-refractivity contribution in [2.75, 3.05) is 0 Å². The summed E-state index contributed by atoms with van der Waals surface area (Å²) in [7, 11) is 0. The maximum Gasteiger partial charge on any atom is 0.0967 e. The summed E-state index contributed by atoms with van der Waals surface area (Å²) < 4.78 is 1.22. The van der Waals surface area contributed by atoms with Crippen molar-refractivity contribution in [1.29, 1.82) is 0 Å². The van der Waals surface area contributed by atoms with Gasteiger partial charge in [-0.05, 0) is 30.9 Å². The number of benzene rings is 1. The third-order valence-electron chi connectivity index (χ3n) is 3.96. The number of hydrogen-bond acceptors (Lipinski definition) is 3. The second-order valence-corrected chi connectivity index (χ2v) is 6.26. The lowest BCUT2D eigenvalue weighted by molar-refractivity contribution is 0.00960. The van der Waals surface area contributed by atoms with Gasteiger partial charge in [-0.2, -0.15) is 0 Å². The lowest BCUT2D eigenvalue weighted by Gasteiger charge is -2.26. The number of nitrogens with zero attached hydrogens (tertiary/aromatic N) is 1. The molecule has 1 heterocycles. The average molecular weight is 247 g/mol. The molecule has 90 valence electrons. The molecule has 3 heteroatoms. The highest BCUT2D eigenvalue weighted by atomic mass is 32.1. The van der Waals surface area contributed by atoms with E-state index in [0.717, 1.165) is 29.8 Å². The Balaban J connectivity index is 1.89. The highest BCUT2D eigenvalue weighted by Crippen LogP contribution is 2.38. The topological polar surface area (TPSA) is 33.1 Å². The fourth-order valence-corrected chi connectivity index (χ4v) is 3.83. The highest BCUT2D eigenvalue weighted by molar-refractivity contribution is 7.18. The van der Waals surface area contributed by atoms with Crippen molar-refractivity contribution in [2.45, 2.75) is 38.2 Å². The third kappa shape index (κ3) is 1.98. The van der Waals surface area contributed by atoms with Gasteiger partial charge in [0.25, 0.3) is 0 Å². The molecule has 0 spiro atoms. The predicted molar refractivity (Wildman–Crippen MR) is 71.3 cm³/mol. The first-order chi connectivity index (χ1) is 8.17. The van der Waals surface area contributed by atoms with Gasteiger partial charge in [-0.3, -0.25) is 0 Å². The van der Waals surface area contributed by atoms with Crippen molar-refractivity contribution in [3.63, 3.8) is 0 Å². The zero-order valence-corrected chi connectivity index (χ0v) is 10.8. The van der Waals surface area contributed by atoms with E-state index >= 15 is 0 Å². The van der Waals surface area contributed by atoms with Crippen LogP contribution in [0.5, 0.6) is 0 Å². The van der Waals surface area contributed by atoms with Crippen LogP contribution in [0.4, 0.5) is 0 Å². The molecule has 1 N–H and O–H groups in total. The molecule has 1 aliphatic carbocycles. The van der Waals surface area contributed by atoms with Crippen LogP contribution in [0.2, 0.25) is 0 Å². The molecule has 1 fully saturated rings. The summed E-state index contributed by atoms with van der Waals surface area (Å²) in [4.78, 5) is 4.61. The summed E-state index contributed by atoms with van der Waals surface area (Å²) >= 11 is 1.71. The molecule has 2 atom stereocenters. The minimum atomic E-state index is -0.520. The van der Waals surface area contributed by atoms with Crippen molar-refractivity contribution >= 4 is 21.6 Å². The number of rotatable bonds is 2. The van der Waals surface area contributed by atoms with Crippen molar-refractivity contribution in [3.05, 3.63) is 29.3 Å². The van der Waals surface area contributed by atoms with E-state index in [1.165, 1.54) is 4.70 Å². The van der Waals surface area contributed by atoms with Gasteiger partial charge in [-0.1, -0.05) is 25.5 Å². The third-order valence-corrected chi connectivity index (χ3v) is 5.00. The van der Waals surface area contributed by atoms with Crippen LogP contribution in [0, 0.1) is 5.92 Å². The minimum absolute atomic E-state index is 0.398. The number of para-hydroxylation sites is 1. The lowest BCUT2D eigenvalue weighted by Crippen LogP contribution is -2.33. The fourth-order valence-electron chi connectivity index (χ4n) is 2.75. The zero-order valence-electron chi connectivity index (χ0n) is 10.0. The largest absolute Gasteiger partial charge is 0.389 e. The molecule has 1 aromatic heterocycles. The van der Waals surface area contributed by atoms with Crippen LogP contribution in [0.25, 0.3) is 10.2 Å². The van der Waals surface area contributed by atoms with E-state index in [1.807, 2.05) is 18.2 Å². The molecule has 0 bridgehead atoms. The van der Waals surface area contributed by atoms with Crippen molar-refractivity contribution in [2.24, 2.45) is 5.92 Å². The van der Waals surface area contributed by atoms with Crippen molar-refractivity contribution in [1.82, 2.24) is 4.98 Å². The molecule has 2 nitrogen and oxygen atoms in total. The van der Waals surface area contributed by atoms with Gasteiger partial charge in [0.1, 0.15) is 0 Å². The molecule has 0 amide bonds. The Morgan fingerprint density at radius 3 is 3.00 bits per heavy atom. The van der Waals surface area contributed by atoms with E-state index in [4.69, 9.17) is 0 Å². The average Bonchev–Trinajstić information content (AvgIpc) is 2.83. The lowest BCUT2D eigenvalue weighted by atomic mass is 9.89. The number of aliphatic hydroxyl groups is 1. The molecule has 3 rings (SSSR count). The van der Waals surface area contributed by atoms with E-state index in [-0.39, 0.29) is 0 Å². The molecule has 2 unspecified atom stereocenters. The summed E-state index contributed by atoms with van der Waals surface area (Å²) in [6, 6.07) is 8.19. The van der Waals surface area contributed by atoms with Gasteiger partial charge in [0.05, 0.1) is 20.8 Å². The molecule has 0 saturated heterocycles. The van der Waals surface area contributed by atoms with Crippen molar-refractivity contribution < 1.29 is 5.11 Å². The van der Waals surface area contributed by atoms with E-state index in [2.05, 4.69) is 18.0 Å². The number of thiazole rings is 1. The molecule has 1 aliphatic rings. The molecule has 17 heavy (non-hydrogen) atoms. The van der Waals surface area contributed by atoms with Crippen LogP contribution in [-0.2, 0) is 6.42 Å². The Kier molecular flexibility index (Phi) is 2.68. The van der Waals surface area contributed by atoms with E-state index in [1.54, 1.807) is 11.3 Å². The quantitative estimate of drug-likeness (QED) is 0.882. The molecule has 1 aromatic carbocycles. The minimum Gasteiger partial charge on any atom is -0.389 e. The van der Waals surface area contributed by atoms with Crippen LogP contribution >= 0.6 is 11.3 Å². The van der Waals surface area contributed by atoms with Crippen molar-refractivity contribution in [3.8, 4) is 0 Å². The van der Waals surface area contributed by atoms with Crippen LogP contribution in [0.1, 0.15) is 31.2 Å². The first-order valence-electron chi connectivity index (χ1n) is 6.24. The molecular formula is C14H17NOS. The molecular weight excluding hydrogens is 230 g/mol. The summed E-state index contributed by atoms with van der Waals surface area (Å²) in [5.41, 5.74) is 0.537. The molecule has 0 aliphatic heterocycles. The first-order valence-corrected chi connectivity index (χ1v) is 7.06. The van der Waals surface area contributed by atoms with Gasteiger partial charge in [0.15, 0.2) is 0 Å². The number of fused-ring (bicyclic) bond motifs is 1. The second kappa shape index (κ2) is 4.07. The summed E-state index contributed by atoms with van der Waals surface area (Å²) in [5.74, 6) is 0.398. The van der Waals surface area contributed by atoms with Crippen LogP contribution in [0.15, 0.2) is 24.3 Å². The van der Waals surface area contributed by atoms with Crippen LogP contribution < -0.4 is 0 Å². The zero-order chi connectivity index (χ0) is 11.9. The van der Waals surface area contributed by atoms with E-state index < -0.39 is 5.60 Å². The molecule has 2 aromatic rings. The predicted octanol–water partition coefficient (Wildman–Crippen LogP) is 3.39. The highest BCUT2D eigenvalue weighted by Gasteiger charge is 2.38.